The second kappa shape index (κ2) is 4.88. The normalized spacial score (nSPS) is 13.7. The molecule has 1 aromatic heterocycles. The van der Waals surface area contributed by atoms with Crippen LogP contribution in [-0.2, 0) is 12.8 Å². The molecule has 2 aromatic carbocycles. The van der Waals surface area contributed by atoms with Crippen molar-refractivity contribution in [2.75, 3.05) is 11.4 Å². The molecule has 21 heavy (non-hydrogen) atoms. The molecule has 0 spiro atoms. The molecule has 0 atom stereocenters. The monoisotopic (exact) mass is 274 g/mol. The Morgan fingerprint density at radius 1 is 1.05 bits per heavy atom. The van der Waals surface area contributed by atoms with E-state index in [9.17, 15) is 0 Å². The van der Waals surface area contributed by atoms with Gasteiger partial charge in [-0.2, -0.15) is 0 Å². The Labute approximate surface area is 125 Å². The van der Waals surface area contributed by atoms with Gasteiger partial charge in [-0.25, -0.2) is 0 Å². The van der Waals surface area contributed by atoms with Gasteiger partial charge in [-0.05, 0) is 36.1 Å². The highest BCUT2D eigenvalue weighted by Crippen LogP contribution is 2.40. The van der Waals surface area contributed by atoms with Crippen LogP contribution >= 0.6 is 0 Å². The topological polar surface area (TPSA) is 16.1 Å². The van der Waals surface area contributed by atoms with Crippen LogP contribution in [0.4, 0.5) is 11.4 Å². The first kappa shape index (κ1) is 12.4. The van der Waals surface area contributed by atoms with Crippen molar-refractivity contribution < 1.29 is 0 Å². The Morgan fingerprint density at radius 3 is 2.76 bits per heavy atom. The molecule has 3 aromatic rings. The molecular formula is C19H18N2. The minimum absolute atomic E-state index is 1.04. The van der Waals surface area contributed by atoms with Crippen molar-refractivity contribution in [3.63, 3.8) is 0 Å². The summed E-state index contributed by atoms with van der Waals surface area (Å²) in [7, 11) is 0. The maximum Gasteiger partial charge on any atom is 0.0723 e. The zero-order valence-corrected chi connectivity index (χ0v) is 12.2. The van der Waals surface area contributed by atoms with E-state index in [1.54, 1.807) is 0 Å². The highest BCUT2D eigenvalue weighted by atomic mass is 15.2. The van der Waals surface area contributed by atoms with Crippen molar-refractivity contribution in [1.82, 2.24) is 4.98 Å². The van der Waals surface area contributed by atoms with Crippen LogP contribution in [0.5, 0.6) is 0 Å². The molecule has 0 N–H and O–H groups in total. The third-order valence-electron chi connectivity index (χ3n) is 4.36. The molecule has 104 valence electrons. The third-order valence-corrected chi connectivity index (χ3v) is 4.36. The molecule has 1 aliphatic heterocycles. The van der Waals surface area contributed by atoms with Crippen LogP contribution < -0.4 is 4.90 Å². The van der Waals surface area contributed by atoms with Crippen molar-refractivity contribution in [3.05, 3.63) is 65.9 Å². The van der Waals surface area contributed by atoms with E-state index >= 15 is 0 Å². The lowest BCUT2D eigenvalue weighted by molar-refractivity contribution is 0.980. The molecule has 0 saturated heterocycles. The molecule has 0 fully saturated rings. The molecule has 0 saturated carbocycles. The van der Waals surface area contributed by atoms with E-state index in [1.165, 1.54) is 27.9 Å². The molecule has 0 radical (unpaired) electrons. The van der Waals surface area contributed by atoms with Gasteiger partial charge in [-0.1, -0.05) is 43.3 Å². The number of fused-ring (bicyclic) bond motifs is 3. The van der Waals surface area contributed by atoms with Gasteiger partial charge in [-0.15, -0.1) is 0 Å². The molecule has 0 unspecified atom stereocenters. The number of aromatic nitrogens is 1. The summed E-state index contributed by atoms with van der Waals surface area (Å²) in [5, 5.41) is 1.26. The van der Waals surface area contributed by atoms with Gasteiger partial charge in [0.05, 0.1) is 11.2 Å². The fourth-order valence-electron chi connectivity index (χ4n) is 3.33. The van der Waals surface area contributed by atoms with Crippen LogP contribution in [-0.4, -0.2) is 11.5 Å². The van der Waals surface area contributed by atoms with Gasteiger partial charge in [0.25, 0.3) is 0 Å². The Hall–Kier alpha value is -2.35. The summed E-state index contributed by atoms with van der Waals surface area (Å²) in [5.41, 5.74) is 6.54. The summed E-state index contributed by atoms with van der Waals surface area (Å²) < 4.78 is 0. The highest BCUT2D eigenvalue weighted by molar-refractivity contribution is 5.96. The lowest BCUT2D eigenvalue weighted by Gasteiger charge is -2.23. The number of pyridine rings is 1. The first-order chi connectivity index (χ1) is 10.4. The Morgan fingerprint density at radius 2 is 1.86 bits per heavy atom. The molecule has 0 bridgehead atoms. The first-order valence-electron chi connectivity index (χ1n) is 7.60. The van der Waals surface area contributed by atoms with Gasteiger partial charge >= 0.3 is 0 Å². The summed E-state index contributed by atoms with van der Waals surface area (Å²) in [5.74, 6) is 0. The van der Waals surface area contributed by atoms with Gasteiger partial charge in [0.15, 0.2) is 0 Å². The predicted molar refractivity (Wildman–Crippen MR) is 88.3 cm³/mol. The second-order valence-corrected chi connectivity index (χ2v) is 5.53. The summed E-state index contributed by atoms with van der Waals surface area (Å²) >= 11 is 0. The molecule has 2 heterocycles. The quantitative estimate of drug-likeness (QED) is 0.684. The molecule has 2 heteroatoms. The van der Waals surface area contributed by atoms with Crippen LogP contribution in [0.2, 0.25) is 0 Å². The minimum atomic E-state index is 1.04. The standard InChI is InChI=1S/C19H18N2/c1-2-14-7-3-6-10-18(14)21-12-11-15-13-20-17-9-5-4-8-16(17)19(15)21/h3-10,13H,2,11-12H2,1H3. The van der Waals surface area contributed by atoms with Gasteiger partial charge in [0, 0.05) is 23.8 Å². The predicted octanol–water partition coefficient (Wildman–Crippen LogP) is 4.49. The van der Waals surface area contributed by atoms with Crippen molar-refractivity contribution in [2.45, 2.75) is 19.8 Å². The van der Waals surface area contributed by atoms with Crippen molar-refractivity contribution in [3.8, 4) is 0 Å². The van der Waals surface area contributed by atoms with Crippen LogP contribution in [0.15, 0.2) is 54.7 Å². The molecule has 0 aliphatic carbocycles. The van der Waals surface area contributed by atoms with Gasteiger partial charge in [0.2, 0.25) is 0 Å². The van der Waals surface area contributed by atoms with Crippen molar-refractivity contribution in [2.24, 2.45) is 0 Å². The summed E-state index contributed by atoms with van der Waals surface area (Å²) in [4.78, 5) is 7.07. The largest absolute Gasteiger partial charge is 0.340 e. The molecule has 0 amide bonds. The minimum Gasteiger partial charge on any atom is -0.340 e. The maximum absolute atomic E-state index is 4.60. The average Bonchev–Trinajstić information content (AvgIpc) is 2.99. The smallest absolute Gasteiger partial charge is 0.0723 e. The molecular weight excluding hydrogens is 256 g/mol. The molecule has 4 rings (SSSR count). The summed E-state index contributed by atoms with van der Waals surface area (Å²) in [6.45, 7) is 3.27. The lowest BCUT2D eigenvalue weighted by atomic mass is 10.1. The van der Waals surface area contributed by atoms with Crippen molar-refractivity contribution >= 4 is 22.3 Å². The number of aryl methyl sites for hydroxylation is 1. The maximum atomic E-state index is 4.60. The van der Waals surface area contributed by atoms with Crippen LogP contribution in [0.25, 0.3) is 10.9 Å². The number of anilines is 2. The van der Waals surface area contributed by atoms with Gasteiger partial charge in [-0.3, -0.25) is 4.98 Å². The number of hydrogen-bond acceptors (Lipinski definition) is 2. The number of para-hydroxylation sites is 2. The van der Waals surface area contributed by atoms with Crippen LogP contribution in [0.3, 0.4) is 0 Å². The van der Waals surface area contributed by atoms with E-state index in [4.69, 9.17) is 0 Å². The summed E-state index contributed by atoms with van der Waals surface area (Å²) in [6.07, 6.45) is 4.18. The van der Waals surface area contributed by atoms with Crippen molar-refractivity contribution in [1.29, 1.82) is 0 Å². The Balaban J connectivity index is 1.95. The Bertz CT molecular complexity index is 808. The highest BCUT2D eigenvalue weighted by Gasteiger charge is 2.24. The Kier molecular flexibility index (Phi) is 2.88. The molecule has 2 nitrogen and oxygen atoms in total. The van der Waals surface area contributed by atoms with Gasteiger partial charge in [0.1, 0.15) is 0 Å². The van der Waals surface area contributed by atoms with E-state index in [1.807, 2.05) is 6.20 Å². The van der Waals surface area contributed by atoms with Crippen LogP contribution in [0, 0.1) is 0 Å². The lowest BCUT2D eigenvalue weighted by Crippen LogP contribution is -2.15. The number of hydrogen-bond donors (Lipinski definition) is 0. The molecule has 1 aliphatic rings. The second-order valence-electron chi connectivity index (χ2n) is 5.53. The third kappa shape index (κ3) is 1.90. The average molecular weight is 274 g/mol. The number of rotatable bonds is 2. The number of benzene rings is 2. The van der Waals surface area contributed by atoms with E-state index in [2.05, 4.69) is 65.3 Å². The fourth-order valence-corrected chi connectivity index (χ4v) is 3.33. The zero-order valence-electron chi connectivity index (χ0n) is 12.2. The van der Waals surface area contributed by atoms with E-state index in [0.717, 1.165) is 24.9 Å². The number of nitrogens with zero attached hydrogens (tertiary/aromatic N) is 2. The SMILES string of the molecule is CCc1ccccc1N1CCc2cnc3ccccc3c21. The summed E-state index contributed by atoms with van der Waals surface area (Å²) in [6, 6.07) is 17.2. The van der Waals surface area contributed by atoms with Gasteiger partial charge < -0.3 is 4.90 Å². The van der Waals surface area contributed by atoms with Crippen LogP contribution in [0.1, 0.15) is 18.1 Å². The first-order valence-corrected chi connectivity index (χ1v) is 7.60. The zero-order chi connectivity index (χ0) is 14.2. The van der Waals surface area contributed by atoms with E-state index in [0.29, 0.717) is 0 Å². The van der Waals surface area contributed by atoms with E-state index < -0.39 is 0 Å². The van der Waals surface area contributed by atoms with E-state index in [-0.39, 0.29) is 0 Å². The fraction of sp³-hybridized carbons (Fsp3) is 0.211.